The second-order valence-corrected chi connectivity index (χ2v) is 7.97. The maximum absolute atomic E-state index is 11.6. The zero-order chi connectivity index (χ0) is 14.3. The molecule has 0 aromatic heterocycles. The standard InChI is InChI=1S/C14H22BrNO2S/c1-3-16-11-13(8-9-19(17,18)4-2)12-6-5-7-14(15)10-12/h5-7,10,13,16H,3-4,8-9,11H2,1-2H3. The SMILES string of the molecule is CCNCC(CCS(=O)(=O)CC)c1cccc(Br)c1. The summed E-state index contributed by atoms with van der Waals surface area (Å²) in [4.78, 5) is 0. The quantitative estimate of drug-likeness (QED) is 0.786. The van der Waals surface area contributed by atoms with Gasteiger partial charge in [0.2, 0.25) is 0 Å². The lowest BCUT2D eigenvalue weighted by Crippen LogP contribution is -2.23. The highest BCUT2D eigenvalue weighted by Crippen LogP contribution is 2.23. The monoisotopic (exact) mass is 347 g/mol. The fourth-order valence-electron chi connectivity index (χ4n) is 1.93. The minimum atomic E-state index is -2.90. The fourth-order valence-corrected chi connectivity index (χ4v) is 3.28. The highest BCUT2D eigenvalue weighted by atomic mass is 79.9. The molecule has 0 radical (unpaired) electrons. The molecule has 1 aromatic carbocycles. The van der Waals surface area contributed by atoms with E-state index in [-0.39, 0.29) is 17.4 Å². The molecule has 0 spiro atoms. The van der Waals surface area contributed by atoms with E-state index in [1.807, 2.05) is 12.1 Å². The van der Waals surface area contributed by atoms with Crippen molar-refractivity contribution >= 4 is 25.8 Å². The molecule has 0 aliphatic carbocycles. The van der Waals surface area contributed by atoms with Crippen molar-refractivity contribution in [2.75, 3.05) is 24.6 Å². The minimum absolute atomic E-state index is 0.222. The van der Waals surface area contributed by atoms with Crippen molar-refractivity contribution in [3.05, 3.63) is 34.3 Å². The Labute approximate surface area is 124 Å². The van der Waals surface area contributed by atoms with Crippen LogP contribution in [0.25, 0.3) is 0 Å². The average Bonchev–Trinajstić information content (AvgIpc) is 2.39. The zero-order valence-electron chi connectivity index (χ0n) is 11.5. The molecule has 19 heavy (non-hydrogen) atoms. The number of hydrogen-bond donors (Lipinski definition) is 1. The van der Waals surface area contributed by atoms with E-state index >= 15 is 0 Å². The summed E-state index contributed by atoms with van der Waals surface area (Å²) in [5.74, 6) is 0.713. The lowest BCUT2D eigenvalue weighted by molar-refractivity contribution is 0.564. The molecule has 0 saturated carbocycles. The maximum Gasteiger partial charge on any atom is 0.150 e. The van der Waals surface area contributed by atoms with E-state index in [1.54, 1.807) is 6.92 Å². The Balaban J connectivity index is 2.77. The summed E-state index contributed by atoms with van der Waals surface area (Å²) in [7, 11) is -2.90. The Morgan fingerprint density at radius 2 is 2.05 bits per heavy atom. The minimum Gasteiger partial charge on any atom is -0.316 e. The molecule has 1 N–H and O–H groups in total. The van der Waals surface area contributed by atoms with Gasteiger partial charge in [-0.3, -0.25) is 0 Å². The van der Waals surface area contributed by atoms with Crippen LogP contribution in [-0.2, 0) is 9.84 Å². The van der Waals surface area contributed by atoms with Gasteiger partial charge in [0, 0.05) is 16.8 Å². The third-order valence-electron chi connectivity index (χ3n) is 3.18. The first-order chi connectivity index (χ1) is 8.98. The molecular formula is C14H22BrNO2S. The molecular weight excluding hydrogens is 326 g/mol. The van der Waals surface area contributed by atoms with Gasteiger partial charge in [-0.2, -0.15) is 0 Å². The van der Waals surface area contributed by atoms with Crippen molar-refractivity contribution in [3.8, 4) is 0 Å². The number of benzene rings is 1. The Kier molecular flexibility index (Phi) is 7.04. The number of rotatable bonds is 8. The Bertz CT molecular complexity index is 488. The van der Waals surface area contributed by atoms with Gasteiger partial charge < -0.3 is 5.32 Å². The first kappa shape index (κ1) is 16.7. The average molecular weight is 348 g/mol. The van der Waals surface area contributed by atoms with Gasteiger partial charge in [-0.05, 0) is 36.6 Å². The van der Waals surface area contributed by atoms with E-state index in [2.05, 4.69) is 40.3 Å². The molecule has 1 unspecified atom stereocenters. The van der Waals surface area contributed by atoms with Crippen LogP contribution in [0.4, 0.5) is 0 Å². The molecule has 5 heteroatoms. The van der Waals surface area contributed by atoms with Crippen LogP contribution in [0, 0.1) is 0 Å². The fraction of sp³-hybridized carbons (Fsp3) is 0.571. The van der Waals surface area contributed by atoms with Crippen LogP contribution in [0.3, 0.4) is 0 Å². The highest BCUT2D eigenvalue weighted by molar-refractivity contribution is 9.10. The lowest BCUT2D eigenvalue weighted by atomic mass is 9.96. The summed E-state index contributed by atoms with van der Waals surface area (Å²) < 4.78 is 24.3. The van der Waals surface area contributed by atoms with Crippen LogP contribution >= 0.6 is 15.9 Å². The Hall–Kier alpha value is -0.390. The second-order valence-electron chi connectivity index (χ2n) is 4.58. The smallest absolute Gasteiger partial charge is 0.150 e. The summed E-state index contributed by atoms with van der Waals surface area (Å²) in [5, 5.41) is 3.31. The third kappa shape index (κ3) is 6.06. The van der Waals surface area contributed by atoms with Crippen LogP contribution < -0.4 is 5.32 Å². The van der Waals surface area contributed by atoms with Crippen molar-refractivity contribution in [2.45, 2.75) is 26.2 Å². The predicted molar refractivity (Wildman–Crippen MR) is 84.4 cm³/mol. The highest BCUT2D eigenvalue weighted by Gasteiger charge is 2.16. The van der Waals surface area contributed by atoms with Gasteiger partial charge >= 0.3 is 0 Å². The number of nitrogens with one attached hydrogen (secondary N) is 1. The van der Waals surface area contributed by atoms with Crippen LogP contribution in [0.5, 0.6) is 0 Å². The Morgan fingerprint density at radius 1 is 1.32 bits per heavy atom. The van der Waals surface area contributed by atoms with Crippen molar-refractivity contribution in [2.24, 2.45) is 0 Å². The Morgan fingerprint density at radius 3 is 2.63 bits per heavy atom. The number of sulfone groups is 1. The molecule has 1 atom stereocenters. The molecule has 0 saturated heterocycles. The van der Waals surface area contributed by atoms with E-state index in [4.69, 9.17) is 0 Å². The maximum atomic E-state index is 11.6. The van der Waals surface area contributed by atoms with Gasteiger partial charge in [0.05, 0.1) is 5.75 Å². The van der Waals surface area contributed by atoms with Crippen molar-refractivity contribution in [3.63, 3.8) is 0 Å². The molecule has 0 aliphatic rings. The van der Waals surface area contributed by atoms with Crippen LogP contribution in [0.1, 0.15) is 31.7 Å². The first-order valence-electron chi connectivity index (χ1n) is 6.65. The molecule has 0 fully saturated rings. The number of likely N-dealkylation sites (N-methyl/N-ethyl adjacent to an activating group) is 1. The molecule has 108 valence electrons. The molecule has 0 amide bonds. The summed E-state index contributed by atoms with van der Waals surface area (Å²) in [6.45, 7) is 5.46. The summed E-state index contributed by atoms with van der Waals surface area (Å²) in [6, 6.07) is 8.11. The van der Waals surface area contributed by atoms with Gasteiger partial charge in [-0.15, -0.1) is 0 Å². The summed E-state index contributed by atoms with van der Waals surface area (Å²) in [6.07, 6.45) is 0.666. The van der Waals surface area contributed by atoms with Crippen LogP contribution in [0.15, 0.2) is 28.7 Å². The molecule has 3 nitrogen and oxygen atoms in total. The van der Waals surface area contributed by atoms with Gasteiger partial charge in [-0.25, -0.2) is 8.42 Å². The van der Waals surface area contributed by atoms with E-state index in [0.29, 0.717) is 6.42 Å². The van der Waals surface area contributed by atoms with Crippen LogP contribution in [-0.4, -0.2) is 33.0 Å². The van der Waals surface area contributed by atoms with Gasteiger partial charge in [0.1, 0.15) is 9.84 Å². The topological polar surface area (TPSA) is 46.2 Å². The summed E-state index contributed by atoms with van der Waals surface area (Å²) in [5.41, 5.74) is 1.18. The first-order valence-corrected chi connectivity index (χ1v) is 9.26. The molecule has 0 bridgehead atoms. The van der Waals surface area contributed by atoms with Crippen LogP contribution in [0.2, 0.25) is 0 Å². The molecule has 1 rings (SSSR count). The predicted octanol–water partition coefficient (Wildman–Crippen LogP) is 2.97. The molecule has 0 heterocycles. The van der Waals surface area contributed by atoms with Gasteiger partial charge in [-0.1, -0.05) is 41.9 Å². The summed E-state index contributed by atoms with van der Waals surface area (Å²) >= 11 is 3.46. The second kappa shape index (κ2) is 8.02. The van der Waals surface area contributed by atoms with Gasteiger partial charge in [0.15, 0.2) is 0 Å². The van der Waals surface area contributed by atoms with Crippen molar-refractivity contribution in [1.82, 2.24) is 5.32 Å². The van der Waals surface area contributed by atoms with Gasteiger partial charge in [0.25, 0.3) is 0 Å². The number of hydrogen-bond acceptors (Lipinski definition) is 3. The van der Waals surface area contributed by atoms with E-state index < -0.39 is 9.84 Å². The molecule has 1 aromatic rings. The zero-order valence-corrected chi connectivity index (χ0v) is 13.9. The number of halogens is 1. The normalized spacial score (nSPS) is 13.4. The van der Waals surface area contributed by atoms with E-state index in [9.17, 15) is 8.42 Å². The van der Waals surface area contributed by atoms with E-state index in [1.165, 1.54) is 5.56 Å². The lowest BCUT2D eigenvalue weighted by Gasteiger charge is -2.18. The molecule has 0 aliphatic heterocycles. The van der Waals surface area contributed by atoms with Crippen molar-refractivity contribution < 1.29 is 8.42 Å². The van der Waals surface area contributed by atoms with Crippen molar-refractivity contribution in [1.29, 1.82) is 0 Å². The third-order valence-corrected chi connectivity index (χ3v) is 5.41. The van der Waals surface area contributed by atoms with E-state index in [0.717, 1.165) is 17.6 Å². The largest absolute Gasteiger partial charge is 0.316 e.